The van der Waals surface area contributed by atoms with Crippen molar-refractivity contribution in [3.05, 3.63) is 12.2 Å². The van der Waals surface area contributed by atoms with Crippen LogP contribution in [0, 0.1) is 11.8 Å². The maximum Gasteiger partial charge on any atom is 0.00922 e. The number of allylic oxidation sites excluding steroid dienone is 2. The van der Waals surface area contributed by atoms with Crippen LogP contribution in [0.1, 0.15) is 52.4 Å². The minimum atomic E-state index is 1.06. The van der Waals surface area contributed by atoms with Crippen LogP contribution in [0.15, 0.2) is 12.2 Å². The molecule has 0 heterocycles. The molecule has 0 aromatic rings. The van der Waals surface area contributed by atoms with E-state index in [1.165, 1.54) is 25.7 Å². The molecule has 0 aromatic carbocycles. The molecule has 0 aromatic heterocycles. The van der Waals surface area contributed by atoms with E-state index < -0.39 is 0 Å². The zero-order chi connectivity index (χ0) is 9.07. The van der Waals surface area contributed by atoms with E-state index in [1.807, 2.05) is 6.08 Å². The van der Waals surface area contributed by atoms with E-state index in [9.17, 15) is 0 Å². The van der Waals surface area contributed by atoms with Gasteiger partial charge in [0.05, 0.1) is 0 Å². The molecule has 0 bridgehead atoms. The normalized spacial score (nSPS) is 9.83. The highest BCUT2D eigenvalue weighted by Crippen LogP contribution is 1.96. The molecule has 68 valence electrons. The van der Waals surface area contributed by atoms with Gasteiger partial charge in [-0.25, -0.2) is 0 Å². The largest absolute Gasteiger partial charge is 0.0985 e. The second-order valence-electron chi connectivity index (χ2n) is 2.97. The Bertz CT molecular complexity index is 155. The maximum absolute atomic E-state index is 3.14. The van der Waals surface area contributed by atoms with Crippen molar-refractivity contribution >= 4 is 0 Å². The Morgan fingerprint density at radius 3 is 2.58 bits per heavy atom. The quantitative estimate of drug-likeness (QED) is 0.426. The Morgan fingerprint density at radius 2 is 1.92 bits per heavy atom. The molecule has 0 unspecified atom stereocenters. The van der Waals surface area contributed by atoms with Crippen LogP contribution in [0.25, 0.3) is 0 Å². The van der Waals surface area contributed by atoms with Crippen LogP contribution in [0.4, 0.5) is 0 Å². The highest BCUT2D eigenvalue weighted by Gasteiger charge is 1.79. The molecule has 0 heteroatoms. The predicted molar refractivity (Wildman–Crippen MR) is 56.0 cm³/mol. The number of unbranched alkanes of at least 4 members (excludes halogenated alkanes) is 4. The van der Waals surface area contributed by atoms with Crippen molar-refractivity contribution in [1.82, 2.24) is 0 Å². The van der Waals surface area contributed by atoms with Crippen molar-refractivity contribution in [3.8, 4) is 11.8 Å². The van der Waals surface area contributed by atoms with Gasteiger partial charge in [0.2, 0.25) is 0 Å². The average Bonchev–Trinajstić information content (AvgIpc) is 2.10. The summed E-state index contributed by atoms with van der Waals surface area (Å²) in [7, 11) is 0. The van der Waals surface area contributed by atoms with Crippen molar-refractivity contribution < 1.29 is 0 Å². The van der Waals surface area contributed by atoms with E-state index >= 15 is 0 Å². The lowest BCUT2D eigenvalue weighted by Crippen LogP contribution is -1.70. The van der Waals surface area contributed by atoms with Crippen molar-refractivity contribution in [2.24, 2.45) is 0 Å². The summed E-state index contributed by atoms with van der Waals surface area (Å²) >= 11 is 0. The molecule has 0 fully saturated rings. The Kier molecular flexibility index (Phi) is 9.70. The van der Waals surface area contributed by atoms with Crippen LogP contribution in [0.2, 0.25) is 0 Å². The van der Waals surface area contributed by atoms with Gasteiger partial charge in [0.1, 0.15) is 0 Å². The van der Waals surface area contributed by atoms with Crippen LogP contribution < -0.4 is 0 Å². The Morgan fingerprint density at radius 1 is 1.08 bits per heavy atom. The molecule has 0 aliphatic heterocycles. The molecule has 0 atom stereocenters. The molecule has 0 saturated carbocycles. The Labute approximate surface area is 77.1 Å². The topological polar surface area (TPSA) is 0 Å². The summed E-state index contributed by atoms with van der Waals surface area (Å²) in [5, 5.41) is 0. The molecule has 0 radical (unpaired) electrons. The van der Waals surface area contributed by atoms with Gasteiger partial charge in [0, 0.05) is 6.42 Å². The standard InChI is InChI=1S/C12H20/c1-3-5-7-9-11-12-10-8-6-4-2/h7,9H,3-6,8,10H2,1-2H3. The third-order valence-corrected chi connectivity index (χ3v) is 1.66. The summed E-state index contributed by atoms with van der Waals surface area (Å²) in [6.07, 6.45) is 11.4. The van der Waals surface area contributed by atoms with Gasteiger partial charge in [-0.1, -0.05) is 51.0 Å². The van der Waals surface area contributed by atoms with Crippen LogP contribution in [-0.4, -0.2) is 0 Å². The lowest BCUT2D eigenvalue weighted by Gasteiger charge is -1.87. The third-order valence-electron chi connectivity index (χ3n) is 1.66. The zero-order valence-corrected chi connectivity index (χ0v) is 8.40. The molecule has 0 saturated heterocycles. The van der Waals surface area contributed by atoms with Gasteiger partial charge < -0.3 is 0 Å². The van der Waals surface area contributed by atoms with Crippen molar-refractivity contribution in [3.63, 3.8) is 0 Å². The van der Waals surface area contributed by atoms with Crippen LogP contribution >= 0.6 is 0 Å². The third kappa shape index (κ3) is 9.30. The van der Waals surface area contributed by atoms with E-state index in [0.717, 1.165) is 12.8 Å². The fraction of sp³-hybridized carbons (Fsp3) is 0.667. The zero-order valence-electron chi connectivity index (χ0n) is 8.40. The van der Waals surface area contributed by atoms with Gasteiger partial charge >= 0.3 is 0 Å². The lowest BCUT2D eigenvalue weighted by molar-refractivity contribution is 0.737. The fourth-order valence-electron chi connectivity index (χ4n) is 0.903. The second-order valence-corrected chi connectivity index (χ2v) is 2.97. The monoisotopic (exact) mass is 164 g/mol. The first-order valence-electron chi connectivity index (χ1n) is 5.05. The summed E-state index contributed by atoms with van der Waals surface area (Å²) in [6.45, 7) is 4.40. The maximum atomic E-state index is 3.14. The van der Waals surface area contributed by atoms with Gasteiger partial charge in [0.25, 0.3) is 0 Å². The van der Waals surface area contributed by atoms with Crippen molar-refractivity contribution in [1.29, 1.82) is 0 Å². The molecular formula is C12H20. The summed E-state index contributed by atoms with van der Waals surface area (Å²) in [6, 6.07) is 0. The predicted octanol–water partition coefficient (Wildman–Crippen LogP) is 3.93. The van der Waals surface area contributed by atoms with Gasteiger partial charge in [-0.3, -0.25) is 0 Å². The van der Waals surface area contributed by atoms with E-state index in [4.69, 9.17) is 0 Å². The van der Waals surface area contributed by atoms with E-state index in [-0.39, 0.29) is 0 Å². The molecule has 0 rings (SSSR count). The first-order chi connectivity index (χ1) is 5.91. The summed E-state index contributed by atoms with van der Waals surface area (Å²) in [5.74, 6) is 6.19. The second kappa shape index (κ2) is 10.3. The van der Waals surface area contributed by atoms with Crippen LogP contribution in [-0.2, 0) is 0 Å². The van der Waals surface area contributed by atoms with Crippen LogP contribution in [0.5, 0.6) is 0 Å². The summed E-state index contributed by atoms with van der Waals surface area (Å²) < 4.78 is 0. The van der Waals surface area contributed by atoms with Crippen molar-refractivity contribution in [2.75, 3.05) is 0 Å². The smallest absolute Gasteiger partial charge is 0.00922 e. The summed E-state index contributed by atoms with van der Waals surface area (Å²) in [4.78, 5) is 0. The molecule has 0 aliphatic rings. The van der Waals surface area contributed by atoms with Crippen molar-refractivity contribution in [2.45, 2.75) is 52.4 Å². The first kappa shape index (κ1) is 11.3. The Hall–Kier alpha value is -0.700. The van der Waals surface area contributed by atoms with E-state index in [1.54, 1.807) is 0 Å². The first-order valence-corrected chi connectivity index (χ1v) is 5.05. The summed E-state index contributed by atoms with van der Waals surface area (Å²) in [5.41, 5.74) is 0. The molecule has 0 nitrogen and oxygen atoms in total. The van der Waals surface area contributed by atoms with E-state index in [0.29, 0.717) is 0 Å². The average molecular weight is 164 g/mol. The highest BCUT2D eigenvalue weighted by molar-refractivity contribution is 5.14. The molecule has 0 amide bonds. The molecule has 12 heavy (non-hydrogen) atoms. The number of rotatable bonds is 5. The molecule has 0 spiro atoms. The SMILES string of the molecule is CCCC=CC#CCCCCC. The molecule has 0 aliphatic carbocycles. The van der Waals surface area contributed by atoms with Crippen LogP contribution in [0.3, 0.4) is 0 Å². The fourth-order valence-corrected chi connectivity index (χ4v) is 0.903. The molecular weight excluding hydrogens is 144 g/mol. The Balaban J connectivity index is 3.22. The highest BCUT2D eigenvalue weighted by atomic mass is 13.8. The van der Waals surface area contributed by atoms with Gasteiger partial charge in [-0.05, 0) is 18.9 Å². The number of hydrogen-bond donors (Lipinski definition) is 0. The van der Waals surface area contributed by atoms with E-state index in [2.05, 4.69) is 31.8 Å². The van der Waals surface area contributed by atoms with Gasteiger partial charge in [-0.2, -0.15) is 0 Å². The minimum absolute atomic E-state index is 1.06. The lowest BCUT2D eigenvalue weighted by atomic mass is 10.2. The molecule has 0 N–H and O–H groups in total. The van der Waals surface area contributed by atoms with Gasteiger partial charge in [-0.15, -0.1) is 0 Å². The minimum Gasteiger partial charge on any atom is -0.0985 e. The number of hydrogen-bond acceptors (Lipinski definition) is 0. The van der Waals surface area contributed by atoms with Gasteiger partial charge in [0.15, 0.2) is 0 Å².